The van der Waals surface area contributed by atoms with Gasteiger partial charge in [-0.2, -0.15) is 0 Å². The van der Waals surface area contributed by atoms with Crippen molar-refractivity contribution in [2.45, 2.75) is 117 Å². The molecule has 0 N–H and O–H groups in total. The van der Waals surface area contributed by atoms with Crippen LogP contribution in [0.25, 0.3) is 0 Å². The van der Waals surface area contributed by atoms with Crippen molar-refractivity contribution in [1.29, 1.82) is 0 Å². The van der Waals surface area contributed by atoms with Gasteiger partial charge in [0, 0.05) is 0 Å². The number of hydrogen-bond acceptors (Lipinski definition) is 4. The molecule has 0 aliphatic rings. The van der Waals surface area contributed by atoms with Crippen LogP contribution < -0.4 is 9.47 Å². The third kappa shape index (κ3) is 12.9. The molecular weight excluding hydrogens is 448 g/mol. The smallest absolute Gasteiger partial charge is 0.418 e. The minimum atomic E-state index is -1.01. The summed E-state index contributed by atoms with van der Waals surface area (Å²) in [5, 5.41) is 0. The van der Waals surface area contributed by atoms with E-state index >= 15 is 0 Å². The number of esters is 2. The maximum Gasteiger partial charge on any atom is 0.423 e. The van der Waals surface area contributed by atoms with Crippen LogP contribution in [0.4, 0.5) is 0 Å². The van der Waals surface area contributed by atoms with Gasteiger partial charge in [0.05, 0.1) is 0 Å². The summed E-state index contributed by atoms with van der Waals surface area (Å²) in [5.41, 5.74) is 2.42. The van der Waals surface area contributed by atoms with Gasteiger partial charge in [-0.25, -0.2) is 9.59 Å². The van der Waals surface area contributed by atoms with Crippen molar-refractivity contribution in [3.05, 3.63) is 59.7 Å². The normalized spacial score (nSPS) is 10.8. The van der Waals surface area contributed by atoms with E-state index in [4.69, 9.17) is 9.47 Å². The fraction of sp³-hybridized carbons (Fsp3) is 0.562. The number of carbonyl (C=O) groups excluding carboxylic acids is 2. The molecule has 0 spiro atoms. The number of ether oxygens (including phenoxy) is 2. The lowest BCUT2D eigenvalue weighted by Crippen LogP contribution is -2.25. The highest BCUT2D eigenvalue weighted by Crippen LogP contribution is 2.18. The van der Waals surface area contributed by atoms with E-state index in [9.17, 15) is 9.59 Å². The molecule has 0 bridgehead atoms. The lowest BCUT2D eigenvalue weighted by atomic mass is 10.0. The molecule has 36 heavy (non-hydrogen) atoms. The molecule has 0 atom stereocenters. The molecule has 0 fully saturated rings. The molecule has 0 aliphatic carbocycles. The molecular formula is C32H46O4. The van der Waals surface area contributed by atoms with E-state index in [0.29, 0.717) is 11.5 Å². The molecule has 0 aromatic heterocycles. The monoisotopic (exact) mass is 494 g/mol. The van der Waals surface area contributed by atoms with E-state index in [-0.39, 0.29) is 0 Å². The molecule has 0 saturated carbocycles. The SMILES string of the molecule is CCCCCCCCCc1ccc(OC(=O)C(=O)Oc2ccc(CCCCCCCCC)cc2)cc1. The molecule has 4 heteroatoms. The third-order valence-corrected chi connectivity index (χ3v) is 6.57. The standard InChI is InChI=1S/C32H46O4/c1-3-5-7-9-11-13-15-17-27-19-23-29(24-20-27)35-31(33)32(34)36-30-25-21-28(22-26-30)18-16-14-12-10-8-6-4-2/h19-26H,3-18H2,1-2H3. The first-order valence-corrected chi connectivity index (χ1v) is 14.2. The highest BCUT2D eigenvalue weighted by atomic mass is 16.6. The predicted molar refractivity (Wildman–Crippen MR) is 148 cm³/mol. The van der Waals surface area contributed by atoms with Gasteiger partial charge in [-0.15, -0.1) is 0 Å². The Morgan fingerprint density at radius 3 is 1.11 bits per heavy atom. The Labute approximate surface area is 218 Å². The molecule has 0 unspecified atom stereocenters. The van der Waals surface area contributed by atoms with E-state index in [1.807, 2.05) is 24.3 Å². The van der Waals surface area contributed by atoms with Crippen LogP contribution in [0.2, 0.25) is 0 Å². The fourth-order valence-corrected chi connectivity index (χ4v) is 4.32. The van der Waals surface area contributed by atoms with Gasteiger partial charge in [0.25, 0.3) is 0 Å². The van der Waals surface area contributed by atoms with Crippen molar-refractivity contribution >= 4 is 11.9 Å². The summed E-state index contributed by atoms with van der Waals surface area (Å²) in [6, 6.07) is 14.8. The van der Waals surface area contributed by atoms with Gasteiger partial charge < -0.3 is 9.47 Å². The third-order valence-electron chi connectivity index (χ3n) is 6.57. The lowest BCUT2D eigenvalue weighted by Gasteiger charge is -2.07. The van der Waals surface area contributed by atoms with Gasteiger partial charge in [-0.05, 0) is 61.1 Å². The van der Waals surface area contributed by atoms with E-state index < -0.39 is 11.9 Å². The highest BCUT2D eigenvalue weighted by Gasteiger charge is 2.19. The molecule has 198 valence electrons. The van der Waals surface area contributed by atoms with Crippen molar-refractivity contribution in [2.24, 2.45) is 0 Å². The highest BCUT2D eigenvalue weighted by molar-refractivity contribution is 6.31. The molecule has 0 radical (unpaired) electrons. The summed E-state index contributed by atoms with van der Waals surface area (Å²) in [5.74, 6) is -1.32. The van der Waals surface area contributed by atoms with E-state index in [1.54, 1.807) is 24.3 Å². The summed E-state index contributed by atoms with van der Waals surface area (Å²) < 4.78 is 10.4. The Morgan fingerprint density at radius 2 is 0.778 bits per heavy atom. The molecule has 0 saturated heterocycles. The quantitative estimate of drug-likeness (QED) is 0.0899. The van der Waals surface area contributed by atoms with E-state index in [2.05, 4.69) is 13.8 Å². The first-order valence-electron chi connectivity index (χ1n) is 14.2. The maximum atomic E-state index is 12.2. The average molecular weight is 495 g/mol. The zero-order chi connectivity index (χ0) is 25.8. The van der Waals surface area contributed by atoms with Crippen LogP contribution in [0.5, 0.6) is 11.5 Å². The van der Waals surface area contributed by atoms with Crippen molar-refractivity contribution in [3.8, 4) is 11.5 Å². The van der Waals surface area contributed by atoms with Crippen molar-refractivity contribution in [2.75, 3.05) is 0 Å². The van der Waals surface area contributed by atoms with Gasteiger partial charge in [-0.3, -0.25) is 0 Å². The second-order valence-corrected chi connectivity index (χ2v) is 9.81. The van der Waals surface area contributed by atoms with Crippen LogP contribution in [0.3, 0.4) is 0 Å². The first kappa shape index (κ1) is 29.6. The number of hydrogen-bond donors (Lipinski definition) is 0. The Balaban J connectivity index is 1.65. The number of unbranched alkanes of at least 4 members (excludes halogenated alkanes) is 12. The molecule has 2 aromatic rings. The van der Waals surface area contributed by atoms with Gasteiger partial charge >= 0.3 is 11.9 Å². The van der Waals surface area contributed by atoms with Gasteiger partial charge in [0.1, 0.15) is 11.5 Å². The Kier molecular flexibility index (Phi) is 15.3. The molecule has 0 amide bonds. The largest absolute Gasteiger partial charge is 0.423 e. The van der Waals surface area contributed by atoms with Crippen LogP contribution in [0, 0.1) is 0 Å². The molecule has 2 aromatic carbocycles. The molecule has 2 rings (SSSR count). The number of carbonyl (C=O) groups is 2. The Morgan fingerprint density at radius 1 is 0.472 bits per heavy atom. The second kappa shape index (κ2) is 18.6. The van der Waals surface area contributed by atoms with Crippen molar-refractivity contribution in [3.63, 3.8) is 0 Å². The van der Waals surface area contributed by atoms with Crippen molar-refractivity contribution < 1.29 is 19.1 Å². The zero-order valence-electron chi connectivity index (χ0n) is 22.6. The molecule has 4 nitrogen and oxygen atoms in total. The summed E-state index contributed by atoms with van der Waals surface area (Å²) in [7, 11) is 0. The second-order valence-electron chi connectivity index (χ2n) is 9.81. The van der Waals surface area contributed by atoms with Crippen LogP contribution in [-0.2, 0) is 22.4 Å². The summed E-state index contributed by atoms with van der Waals surface area (Å²) >= 11 is 0. The van der Waals surface area contributed by atoms with Gasteiger partial charge in [0.15, 0.2) is 0 Å². The predicted octanol–water partition coefficient (Wildman–Crippen LogP) is 8.78. The summed E-state index contributed by atoms with van der Waals surface area (Å²) in [6.07, 6.45) is 20.0. The minimum absolute atomic E-state index is 0.352. The molecule has 0 aliphatic heterocycles. The van der Waals surface area contributed by atoms with Gasteiger partial charge in [-0.1, -0.05) is 115 Å². The number of aryl methyl sites for hydroxylation is 2. The maximum absolute atomic E-state index is 12.2. The Hall–Kier alpha value is -2.62. The minimum Gasteiger partial charge on any atom is -0.418 e. The van der Waals surface area contributed by atoms with Crippen LogP contribution in [0.1, 0.15) is 115 Å². The average Bonchev–Trinajstić information content (AvgIpc) is 2.89. The molecule has 0 heterocycles. The van der Waals surface area contributed by atoms with E-state index in [0.717, 1.165) is 25.7 Å². The van der Waals surface area contributed by atoms with Gasteiger partial charge in [0.2, 0.25) is 0 Å². The topological polar surface area (TPSA) is 52.6 Å². The Bertz CT molecular complexity index is 781. The number of benzene rings is 2. The zero-order valence-corrected chi connectivity index (χ0v) is 22.6. The summed E-state index contributed by atoms with van der Waals surface area (Å²) in [6.45, 7) is 4.47. The van der Waals surface area contributed by atoms with Crippen LogP contribution in [-0.4, -0.2) is 11.9 Å². The van der Waals surface area contributed by atoms with E-state index in [1.165, 1.54) is 88.2 Å². The number of rotatable bonds is 18. The van der Waals surface area contributed by atoms with Crippen LogP contribution >= 0.6 is 0 Å². The first-order chi connectivity index (χ1) is 17.6. The fourth-order valence-electron chi connectivity index (χ4n) is 4.32. The summed E-state index contributed by atoms with van der Waals surface area (Å²) in [4.78, 5) is 24.3. The van der Waals surface area contributed by atoms with Crippen LogP contribution in [0.15, 0.2) is 48.5 Å². The van der Waals surface area contributed by atoms with Crippen molar-refractivity contribution in [1.82, 2.24) is 0 Å². The lowest BCUT2D eigenvalue weighted by molar-refractivity contribution is -0.156.